The van der Waals surface area contributed by atoms with Gasteiger partial charge in [0, 0.05) is 12.1 Å². The summed E-state index contributed by atoms with van der Waals surface area (Å²) >= 11 is 0. The summed E-state index contributed by atoms with van der Waals surface area (Å²) in [6.45, 7) is 4.56. The van der Waals surface area contributed by atoms with Crippen molar-refractivity contribution in [1.82, 2.24) is 5.32 Å². The Morgan fingerprint density at radius 2 is 1.90 bits per heavy atom. The van der Waals surface area contributed by atoms with Gasteiger partial charge in [0.1, 0.15) is 0 Å². The number of rotatable bonds is 4. The van der Waals surface area contributed by atoms with Gasteiger partial charge in [0.2, 0.25) is 0 Å². The zero-order chi connectivity index (χ0) is 14.6. The largest absolute Gasteiger partial charge is 0.388 e. The van der Waals surface area contributed by atoms with E-state index in [1.807, 2.05) is 31.2 Å². The highest BCUT2D eigenvalue weighted by atomic mass is 16.3. The molecule has 110 valence electrons. The van der Waals surface area contributed by atoms with Gasteiger partial charge in [-0.1, -0.05) is 31.0 Å². The maximum absolute atomic E-state index is 12.0. The first-order valence-electron chi connectivity index (χ1n) is 7.60. The number of aliphatic hydroxyl groups is 1. The van der Waals surface area contributed by atoms with Crippen LogP contribution in [0, 0.1) is 12.8 Å². The van der Waals surface area contributed by atoms with Crippen molar-refractivity contribution >= 4 is 5.91 Å². The van der Waals surface area contributed by atoms with E-state index in [1.165, 1.54) is 6.42 Å². The average Bonchev–Trinajstić information content (AvgIpc) is 2.46. The van der Waals surface area contributed by atoms with E-state index in [2.05, 4.69) is 12.2 Å². The first kappa shape index (κ1) is 15.0. The van der Waals surface area contributed by atoms with Gasteiger partial charge in [0.05, 0.1) is 5.60 Å². The zero-order valence-corrected chi connectivity index (χ0v) is 12.5. The van der Waals surface area contributed by atoms with Crippen molar-refractivity contribution in [3.8, 4) is 0 Å². The minimum absolute atomic E-state index is 0.101. The fourth-order valence-electron chi connectivity index (χ4n) is 2.85. The fourth-order valence-corrected chi connectivity index (χ4v) is 2.85. The summed E-state index contributed by atoms with van der Waals surface area (Å²) in [5, 5.41) is 13.4. The molecule has 1 aromatic rings. The molecule has 0 unspecified atom stereocenters. The third-order valence-corrected chi connectivity index (χ3v) is 4.50. The first-order valence-corrected chi connectivity index (χ1v) is 7.60. The zero-order valence-electron chi connectivity index (χ0n) is 12.5. The number of carbonyl (C=O) groups excluding carboxylic acids is 1. The molecule has 0 atom stereocenters. The molecular weight excluding hydrogens is 250 g/mol. The van der Waals surface area contributed by atoms with Gasteiger partial charge in [-0.05, 0) is 50.7 Å². The highest BCUT2D eigenvalue weighted by Gasteiger charge is 2.32. The minimum Gasteiger partial charge on any atom is -0.388 e. The van der Waals surface area contributed by atoms with Gasteiger partial charge in [0.15, 0.2) is 0 Å². The summed E-state index contributed by atoms with van der Waals surface area (Å²) < 4.78 is 0. The summed E-state index contributed by atoms with van der Waals surface area (Å²) in [6, 6.07) is 7.50. The van der Waals surface area contributed by atoms with Crippen molar-refractivity contribution in [2.45, 2.75) is 51.6 Å². The summed E-state index contributed by atoms with van der Waals surface area (Å²) in [6.07, 6.45) is 4.89. The number of amides is 1. The van der Waals surface area contributed by atoms with Crippen molar-refractivity contribution in [1.29, 1.82) is 0 Å². The van der Waals surface area contributed by atoms with Gasteiger partial charge in [-0.2, -0.15) is 0 Å². The Labute approximate surface area is 121 Å². The lowest BCUT2D eigenvalue weighted by atomic mass is 9.78. The predicted octanol–water partition coefficient (Wildman–Crippen LogP) is 3.06. The molecule has 1 saturated carbocycles. The van der Waals surface area contributed by atoms with Crippen molar-refractivity contribution < 1.29 is 9.90 Å². The van der Waals surface area contributed by atoms with E-state index in [0.29, 0.717) is 12.1 Å². The molecule has 0 aromatic heterocycles. The number of hydrogen-bond acceptors (Lipinski definition) is 2. The molecule has 2 N–H and O–H groups in total. The Bertz CT molecular complexity index is 445. The molecule has 1 aliphatic rings. The lowest BCUT2D eigenvalue weighted by Crippen LogP contribution is -2.45. The van der Waals surface area contributed by atoms with Crippen LogP contribution in [0.5, 0.6) is 0 Å². The number of nitrogens with one attached hydrogen (secondary N) is 1. The molecule has 1 aliphatic carbocycles. The van der Waals surface area contributed by atoms with Crippen molar-refractivity contribution in [3.63, 3.8) is 0 Å². The molecule has 3 heteroatoms. The van der Waals surface area contributed by atoms with Gasteiger partial charge < -0.3 is 10.4 Å². The lowest BCUT2D eigenvalue weighted by molar-refractivity contribution is -0.00786. The molecule has 0 spiro atoms. The van der Waals surface area contributed by atoms with Gasteiger partial charge in [-0.25, -0.2) is 0 Å². The van der Waals surface area contributed by atoms with Gasteiger partial charge in [0.25, 0.3) is 5.91 Å². The lowest BCUT2D eigenvalue weighted by Gasteiger charge is -2.35. The van der Waals surface area contributed by atoms with Crippen molar-refractivity contribution in [2.75, 3.05) is 6.54 Å². The third-order valence-electron chi connectivity index (χ3n) is 4.50. The summed E-state index contributed by atoms with van der Waals surface area (Å²) in [5.41, 5.74) is 1.07. The quantitative estimate of drug-likeness (QED) is 0.887. The molecule has 20 heavy (non-hydrogen) atoms. The van der Waals surface area contributed by atoms with E-state index in [9.17, 15) is 9.90 Å². The molecule has 0 saturated heterocycles. The Balaban J connectivity index is 1.85. The standard InChI is InChI=1S/C17H25NO2/c1-3-14-8-10-17(20,11-9-14)12-18-16(19)15-6-4-13(2)5-7-15/h4-7,14,20H,3,8-12H2,1-2H3,(H,18,19). The van der Waals surface area contributed by atoms with Crippen LogP contribution in [0.4, 0.5) is 0 Å². The van der Waals surface area contributed by atoms with E-state index >= 15 is 0 Å². The molecule has 3 nitrogen and oxygen atoms in total. The van der Waals surface area contributed by atoms with E-state index < -0.39 is 5.60 Å². The second kappa shape index (κ2) is 6.40. The molecule has 0 aliphatic heterocycles. The molecule has 0 heterocycles. The number of carbonyl (C=O) groups is 1. The molecular formula is C17H25NO2. The second-order valence-electron chi connectivity index (χ2n) is 6.12. The van der Waals surface area contributed by atoms with Crippen LogP contribution >= 0.6 is 0 Å². The SMILES string of the molecule is CCC1CCC(O)(CNC(=O)c2ccc(C)cc2)CC1. The van der Waals surface area contributed by atoms with Crippen LogP contribution < -0.4 is 5.32 Å². The highest BCUT2D eigenvalue weighted by molar-refractivity contribution is 5.94. The summed E-state index contributed by atoms with van der Waals surface area (Å²) in [4.78, 5) is 12.0. The van der Waals surface area contributed by atoms with Crippen LogP contribution in [0.25, 0.3) is 0 Å². The number of hydrogen-bond donors (Lipinski definition) is 2. The normalized spacial score (nSPS) is 26.2. The Hall–Kier alpha value is -1.35. The fraction of sp³-hybridized carbons (Fsp3) is 0.588. The van der Waals surface area contributed by atoms with E-state index in [1.54, 1.807) is 0 Å². The Morgan fingerprint density at radius 1 is 1.30 bits per heavy atom. The van der Waals surface area contributed by atoms with Gasteiger partial charge in [-0.3, -0.25) is 4.79 Å². The summed E-state index contributed by atoms with van der Waals surface area (Å²) in [5.74, 6) is 0.638. The third kappa shape index (κ3) is 3.83. The van der Waals surface area contributed by atoms with Crippen LogP contribution in [0.15, 0.2) is 24.3 Å². The van der Waals surface area contributed by atoms with Crippen molar-refractivity contribution in [3.05, 3.63) is 35.4 Å². The van der Waals surface area contributed by atoms with Gasteiger partial charge in [-0.15, -0.1) is 0 Å². The molecule has 2 rings (SSSR count). The molecule has 1 amide bonds. The average molecular weight is 275 g/mol. The van der Waals surface area contributed by atoms with Crippen molar-refractivity contribution in [2.24, 2.45) is 5.92 Å². The molecule has 0 radical (unpaired) electrons. The monoisotopic (exact) mass is 275 g/mol. The molecule has 1 aromatic carbocycles. The van der Waals surface area contributed by atoms with Crippen LogP contribution in [-0.4, -0.2) is 23.2 Å². The van der Waals surface area contributed by atoms with E-state index in [-0.39, 0.29) is 5.91 Å². The minimum atomic E-state index is -0.716. The smallest absolute Gasteiger partial charge is 0.251 e. The summed E-state index contributed by atoms with van der Waals surface area (Å²) in [7, 11) is 0. The van der Waals surface area contributed by atoms with Crippen LogP contribution in [0.3, 0.4) is 0 Å². The van der Waals surface area contributed by atoms with Crippen LogP contribution in [0.1, 0.15) is 54.9 Å². The second-order valence-corrected chi connectivity index (χ2v) is 6.12. The molecule has 0 bridgehead atoms. The Kier molecular flexibility index (Phi) is 4.81. The predicted molar refractivity (Wildman–Crippen MR) is 80.7 cm³/mol. The number of benzene rings is 1. The maximum atomic E-state index is 12.0. The maximum Gasteiger partial charge on any atom is 0.251 e. The number of aryl methyl sites for hydroxylation is 1. The van der Waals surface area contributed by atoms with Crippen LogP contribution in [-0.2, 0) is 0 Å². The highest BCUT2D eigenvalue weighted by Crippen LogP contribution is 2.33. The van der Waals surface area contributed by atoms with Gasteiger partial charge >= 0.3 is 0 Å². The van der Waals surface area contributed by atoms with Crippen LogP contribution in [0.2, 0.25) is 0 Å². The molecule has 1 fully saturated rings. The Morgan fingerprint density at radius 3 is 2.45 bits per heavy atom. The first-order chi connectivity index (χ1) is 9.52. The van der Waals surface area contributed by atoms with E-state index in [0.717, 1.165) is 37.2 Å². The topological polar surface area (TPSA) is 49.3 Å². The van der Waals surface area contributed by atoms with E-state index in [4.69, 9.17) is 0 Å².